The SMILES string of the molecule is C=CCOc1ccc(/C=C/C(=O)OCc2cc(=O)oc3c(C)c(C)ccc23)cc1. The van der Waals surface area contributed by atoms with Gasteiger partial charge in [0.2, 0.25) is 0 Å². The van der Waals surface area contributed by atoms with Crippen LogP contribution in [0.25, 0.3) is 17.0 Å². The van der Waals surface area contributed by atoms with Gasteiger partial charge in [-0.2, -0.15) is 0 Å². The maximum Gasteiger partial charge on any atom is 0.336 e. The molecule has 5 nitrogen and oxygen atoms in total. The zero-order valence-corrected chi connectivity index (χ0v) is 16.4. The highest BCUT2D eigenvalue weighted by Crippen LogP contribution is 2.23. The molecule has 2 aromatic carbocycles. The van der Waals surface area contributed by atoms with Crippen molar-refractivity contribution in [1.82, 2.24) is 0 Å². The first-order valence-electron chi connectivity index (χ1n) is 9.19. The van der Waals surface area contributed by atoms with Crippen LogP contribution >= 0.6 is 0 Å². The van der Waals surface area contributed by atoms with Gasteiger partial charge in [-0.15, -0.1) is 0 Å². The van der Waals surface area contributed by atoms with Crippen molar-refractivity contribution < 1.29 is 18.7 Å². The van der Waals surface area contributed by atoms with Crippen LogP contribution in [0.2, 0.25) is 0 Å². The number of hydrogen-bond donors (Lipinski definition) is 0. The third kappa shape index (κ3) is 5.02. The molecule has 1 aromatic heterocycles. The van der Waals surface area contributed by atoms with Gasteiger partial charge in [0.25, 0.3) is 0 Å². The van der Waals surface area contributed by atoms with E-state index in [0.29, 0.717) is 17.8 Å². The number of ether oxygens (including phenoxy) is 2. The van der Waals surface area contributed by atoms with Crippen molar-refractivity contribution in [2.24, 2.45) is 0 Å². The maximum absolute atomic E-state index is 12.1. The summed E-state index contributed by atoms with van der Waals surface area (Å²) in [6.07, 6.45) is 4.68. The fourth-order valence-corrected chi connectivity index (χ4v) is 2.84. The lowest BCUT2D eigenvalue weighted by molar-refractivity contribution is -0.138. The minimum atomic E-state index is -0.498. The summed E-state index contributed by atoms with van der Waals surface area (Å²) in [6, 6.07) is 12.5. The third-order valence-electron chi connectivity index (χ3n) is 4.55. The molecule has 0 saturated carbocycles. The molecule has 5 heteroatoms. The fourth-order valence-electron chi connectivity index (χ4n) is 2.84. The topological polar surface area (TPSA) is 65.7 Å². The zero-order chi connectivity index (χ0) is 20.8. The highest BCUT2D eigenvalue weighted by molar-refractivity contribution is 5.88. The second-order valence-electron chi connectivity index (χ2n) is 6.58. The summed E-state index contributed by atoms with van der Waals surface area (Å²) in [5, 5.41) is 0.764. The van der Waals surface area contributed by atoms with Crippen LogP contribution in [0.15, 0.2) is 70.4 Å². The normalized spacial score (nSPS) is 11.0. The smallest absolute Gasteiger partial charge is 0.336 e. The molecule has 0 unspecified atom stereocenters. The lowest BCUT2D eigenvalue weighted by Gasteiger charge is -2.09. The fraction of sp³-hybridized carbons (Fsp3) is 0.167. The maximum atomic E-state index is 12.1. The van der Waals surface area contributed by atoms with Crippen molar-refractivity contribution >= 4 is 23.0 Å². The van der Waals surface area contributed by atoms with Crippen LogP contribution in [0.4, 0.5) is 0 Å². The van der Waals surface area contributed by atoms with E-state index in [1.54, 1.807) is 12.2 Å². The quantitative estimate of drug-likeness (QED) is 0.252. The molecule has 0 aliphatic rings. The standard InChI is InChI=1S/C24H22O5/c1-4-13-27-20-9-6-18(7-10-20)8-12-22(25)28-15-19-14-23(26)29-24-17(3)16(2)5-11-21(19)24/h4-12,14H,1,13,15H2,2-3H3/b12-8+. The van der Waals surface area contributed by atoms with Gasteiger partial charge in [-0.25, -0.2) is 9.59 Å². The lowest BCUT2D eigenvalue weighted by atomic mass is 10.0. The minimum absolute atomic E-state index is 0.0118. The average Bonchev–Trinajstić information content (AvgIpc) is 2.72. The Morgan fingerprint density at radius 1 is 1.14 bits per heavy atom. The van der Waals surface area contributed by atoms with Gasteiger partial charge in [0.15, 0.2) is 0 Å². The number of esters is 1. The monoisotopic (exact) mass is 390 g/mol. The summed E-state index contributed by atoms with van der Waals surface area (Å²) < 4.78 is 16.1. The number of carbonyl (C=O) groups is 1. The van der Waals surface area contributed by atoms with Gasteiger partial charge < -0.3 is 13.9 Å². The molecule has 0 aliphatic carbocycles. The van der Waals surface area contributed by atoms with Gasteiger partial charge in [-0.3, -0.25) is 0 Å². The number of carbonyl (C=O) groups excluding carboxylic acids is 1. The summed E-state index contributed by atoms with van der Waals surface area (Å²) in [7, 11) is 0. The van der Waals surface area contributed by atoms with E-state index in [-0.39, 0.29) is 6.61 Å². The first kappa shape index (κ1) is 20.1. The van der Waals surface area contributed by atoms with Gasteiger partial charge in [0, 0.05) is 23.1 Å². The molecule has 0 aliphatic heterocycles. The van der Waals surface area contributed by atoms with Crippen molar-refractivity contribution in [2.45, 2.75) is 20.5 Å². The van der Waals surface area contributed by atoms with Crippen LogP contribution < -0.4 is 10.4 Å². The van der Waals surface area contributed by atoms with E-state index in [2.05, 4.69) is 6.58 Å². The Balaban J connectivity index is 1.68. The van der Waals surface area contributed by atoms with Crippen LogP contribution in [0.1, 0.15) is 22.3 Å². The highest BCUT2D eigenvalue weighted by atomic mass is 16.5. The van der Waals surface area contributed by atoms with Crippen molar-refractivity contribution in [2.75, 3.05) is 6.61 Å². The summed E-state index contributed by atoms with van der Waals surface area (Å²) in [6.45, 7) is 7.87. The molecular weight excluding hydrogens is 368 g/mol. The Kier molecular flexibility index (Phi) is 6.29. The lowest BCUT2D eigenvalue weighted by Crippen LogP contribution is -2.06. The summed E-state index contributed by atoms with van der Waals surface area (Å²) >= 11 is 0. The molecule has 3 aromatic rings. The summed E-state index contributed by atoms with van der Waals surface area (Å²) in [5.74, 6) is 0.229. The molecule has 0 atom stereocenters. The Hall–Kier alpha value is -3.60. The summed E-state index contributed by atoms with van der Waals surface area (Å²) in [4.78, 5) is 24.0. The molecule has 148 valence electrons. The molecule has 29 heavy (non-hydrogen) atoms. The average molecular weight is 390 g/mol. The molecule has 0 N–H and O–H groups in total. The van der Waals surface area contributed by atoms with Crippen molar-refractivity contribution in [3.05, 3.63) is 93.9 Å². The largest absolute Gasteiger partial charge is 0.490 e. The first-order valence-corrected chi connectivity index (χ1v) is 9.19. The second-order valence-corrected chi connectivity index (χ2v) is 6.58. The minimum Gasteiger partial charge on any atom is -0.490 e. The van der Waals surface area contributed by atoms with Gasteiger partial charge in [0.1, 0.15) is 24.5 Å². The van der Waals surface area contributed by atoms with E-state index >= 15 is 0 Å². The second kappa shape index (κ2) is 9.06. The van der Waals surface area contributed by atoms with E-state index < -0.39 is 11.6 Å². The molecule has 3 rings (SSSR count). The van der Waals surface area contributed by atoms with Crippen molar-refractivity contribution in [3.63, 3.8) is 0 Å². The third-order valence-corrected chi connectivity index (χ3v) is 4.55. The van der Waals surface area contributed by atoms with Crippen LogP contribution in [-0.2, 0) is 16.1 Å². The Morgan fingerprint density at radius 3 is 2.62 bits per heavy atom. The van der Waals surface area contributed by atoms with Crippen molar-refractivity contribution in [1.29, 1.82) is 0 Å². The van der Waals surface area contributed by atoms with Gasteiger partial charge in [-0.1, -0.05) is 36.9 Å². The van der Waals surface area contributed by atoms with Crippen LogP contribution in [0.3, 0.4) is 0 Å². The Labute approximate surface area is 168 Å². The van der Waals surface area contributed by atoms with Crippen LogP contribution in [-0.4, -0.2) is 12.6 Å². The van der Waals surface area contributed by atoms with Gasteiger partial charge >= 0.3 is 11.6 Å². The number of fused-ring (bicyclic) bond motifs is 1. The zero-order valence-electron chi connectivity index (χ0n) is 16.4. The number of hydrogen-bond acceptors (Lipinski definition) is 5. The van der Waals surface area contributed by atoms with Crippen LogP contribution in [0.5, 0.6) is 5.75 Å². The molecular formula is C24H22O5. The van der Waals surface area contributed by atoms with Crippen molar-refractivity contribution in [3.8, 4) is 5.75 Å². The van der Waals surface area contributed by atoms with E-state index in [9.17, 15) is 9.59 Å². The summed E-state index contributed by atoms with van der Waals surface area (Å²) in [5.41, 5.74) is 3.44. The van der Waals surface area contributed by atoms with E-state index in [1.807, 2.05) is 50.2 Å². The number of rotatable bonds is 7. The molecule has 0 fully saturated rings. The highest BCUT2D eigenvalue weighted by Gasteiger charge is 2.10. The molecule has 0 radical (unpaired) electrons. The Morgan fingerprint density at radius 2 is 1.90 bits per heavy atom. The molecule has 0 bridgehead atoms. The Bertz CT molecular complexity index is 1120. The molecule has 0 amide bonds. The van der Waals surface area contributed by atoms with E-state index in [0.717, 1.165) is 27.8 Å². The first-order chi connectivity index (χ1) is 14.0. The van der Waals surface area contributed by atoms with E-state index in [1.165, 1.54) is 12.1 Å². The predicted octanol–water partition coefficient (Wildman–Crippen LogP) is 4.73. The molecule has 0 saturated heterocycles. The molecule has 0 spiro atoms. The number of benzene rings is 2. The molecule has 1 heterocycles. The van der Waals surface area contributed by atoms with Crippen LogP contribution in [0, 0.1) is 13.8 Å². The van der Waals surface area contributed by atoms with E-state index in [4.69, 9.17) is 13.9 Å². The van der Waals surface area contributed by atoms with Gasteiger partial charge in [-0.05, 0) is 48.7 Å². The predicted molar refractivity (Wildman–Crippen MR) is 113 cm³/mol. The van der Waals surface area contributed by atoms with Gasteiger partial charge in [0.05, 0.1) is 0 Å². The number of aryl methyl sites for hydroxylation is 2.